The number of nitrogens with one attached hydrogen (secondary N) is 2. The molecule has 1 aromatic rings. The van der Waals surface area contributed by atoms with E-state index in [9.17, 15) is 4.79 Å². The molecule has 1 fully saturated rings. The lowest BCUT2D eigenvalue weighted by Gasteiger charge is -2.28. The van der Waals surface area contributed by atoms with Gasteiger partial charge in [-0.25, -0.2) is 4.98 Å². The Morgan fingerprint density at radius 1 is 1.53 bits per heavy atom. The van der Waals surface area contributed by atoms with Gasteiger partial charge in [0.1, 0.15) is 5.01 Å². The summed E-state index contributed by atoms with van der Waals surface area (Å²) < 4.78 is 0. The number of piperidine rings is 1. The fourth-order valence-corrected chi connectivity index (χ4v) is 2.79. The predicted molar refractivity (Wildman–Crippen MR) is 83.4 cm³/mol. The molecule has 1 aliphatic heterocycles. The van der Waals surface area contributed by atoms with Crippen molar-refractivity contribution in [2.75, 3.05) is 13.1 Å². The lowest BCUT2D eigenvalue weighted by Crippen LogP contribution is -2.47. The molecule has 110 valence electrons. The Morgan fingerprint density at radius 3 is 2.79 bits per heavy atom. The Hall–Kier alpha value is -0.360. The van der Waals surface area contributed by atoms with Crippen LogP contribution in [0.3, 0.4) is 0 Å². The van der Waals surface area contributed by atoms with Gasteiger partial charge in [0.25, 0.3) is 0 Å². The predicted octanol–water partition coefficient (Wildman–Crippen LogP) is 2.34. The van der Waals surface area contributed by atoms with Crippen LogP contribution in [0.15, 0.2) is 11.6 Å². The van der Waals surface area contributed by atoms with E-state index in [4.69, 9.17) is 0 Å². The quantitative estimate of drug-likeness (QED) is 0.896. The van der Waals surface area contributed by atoms with Gasteiger partial charge in [-0.15, -0.1) is 36.2 Å². The van der Waals surface area contributed by atoms with Crippen LogP contribution in [0.1, 0.15) is 31.7 Å². The zero-order valence-electron chi connectivity index (χ0n) is 11.1. The molecular weight excluding hydrogens is 305 g/mol. The highest BCUT2D eigenvalue weighted by molar-refractivity contribution is 7.09. The lowest BCUT2D eigenvalue weighted by molar-refractivity contribution is -0.127. The van der Waals surface area contributed by atoms with Crippen LogP contribution < -0.4 is 10.6 Å². The van der Waals surface area contributed by atoms with Crippen molar-refractivity contribution >= 4 is 42.1 Å². The Bertz CT molecular complexity index is 378. The number of carbonyl (C=O) groups is 1. The smallest absolute Gasteiger partial charge is 0.225 e. The van der Waals surface area contributed by atoms with Crippen molar-refractivity contribution in [3.05, 3.63) is 16.6 Å². The Labute approximate surface area is 130 Å². The molecule has 0 radical (unpaired) electrons. The van der Waals surface area contributed by atoms with Gasteiger partial charge in [-0.3, -0.25) is 4.79 Å². The molecule has 1 amide bonds. The Morgan fingerprint density at radius 2 is 2.26 bits per heavy atom. The van der Waals surface area contributed by atoms with Crippen LogP contribution in [-0.2, 0) is 10.3 Å². The van der Waals surface area contributed by atoms with E-state index in [1.807, 2.05) is 19.2 Å². The van der Waals surface area contributed by atoms with Crippen LogP contribution in [0.4, 0.5) is 0 Å². The van der Waals surface area contributed by atoms with Crippen molar-refractivity contribution in [3.63, 3.8) is 0 Å². The van der Waals surface area contributed by atoms with E-state index in [-0.39, 0.29) is 42.2 Å². The molecule has 19 heavy (non-hydrogen) atoms. The van der Waals surface area contributed by atoms with Crippen LogP contribution in [0.25, 0.3) is 0 Å². The number of thiazole rings is 1. The third-order valence-electron chi connectivity index (χ3n) is 3.07. The van der Waals surface area contributed by atoms with Crippen molar-refractivity contribution < 1.29 is 4.79 Å². The third kappa shape index (κ3) is 4.91. The number of aromatic nitrogens is 1. The number of halogens is 2. The molecule has 0 spiro atoms. The van der Waals surface area contributed by atoms with Crippen molar-refractivity contribution in [1.82, 2.24) is 15.6 Å². The third-order valence-corrected chi connectivity index (χ3v) is 4.17. The van der Waals surface area contributed by atoms with E-state index < -0.39 is 0 Å². The minimum absolute atomic E-state index is 0. The SMILES string of the molecule is CC(C)(NC(=O)C1CCCNC1)c1nccs1.Cl.Cl. The molecule has 2 N–H and O–H groups in total. The van der Waals surface area contributed by atoms with Gasteiger partial charge in [-0.2, -0.15) is 0 Å². The first kappa shape index (κ1) is 18.6. The summed E-state index contributed by atoms with van der Waals surface area (Å²) in [4.78, 5) is 16.4. The molecule has 4 nitrogen and oxygen atoms in total. The molecule has 1 unspecified atom stereocenters. The van der Waals surface area contributed by atoms with Crippen LogP contribution in [0.2, 0.25) is 0 Å². The van der Waals surface area contributed by atoms with E-state index in [1.165, 1.54) is 0 Å². The molecule has 0 aliphatic carbocycles. The fraction of sp³-hybridized carbons (Fsp3) is 0.667. The summed E-state index contributed by atoms with van der Waals surface area (Å²) in [6.07, 6.45) is 3.83. The molecule has 0 bridgehead atoms. The van der Waals surface area contributed by atoms with E-state index in [0.717, 1.165) is 30.9 Å². The topological polar surface area (TPSA) is 54.0 Å². The highest BCUT2D eigenvalue weighted by atomic mass is 35.5. The number of rotatable bonds is 3. The lowest BCUT2D eigenvalue weighted by atomic mass is 9.97. The molecule has 1 aromatic heterocycles. The Balaban J connectivity index is 0.00000162. The van der Waals surface area contributed by atoms with Crippen LogP contribution >= 0.6 is 36.2 Å². The summed E-state index contributed by atoms with van der Waals surface area (Å²) in [5.74, 6) is 0.236. The maximum atomic E-state index is 12.1. The van der Waals surface area contributed by atoms with Gasteiger partial charge in [0.2, 0.25) is 5.91 Å². The zero-order chi connectivity index (χ0) is 12.3. The van der Waals surface area contributed by atoms with Crippen molar-refractivity contribution in [1.29, 1.82) is 0 Å². The number of carbonyl (C=O) groups excluding carboxylic acids is 1. The molecule has 0 saturated carbocycles. The average Bonchev–Trinajstić information content (AvgIpc) is 2.84. The van der Waals surface area contributed by atoms with Gasteiger partial charge in [0.15, 0.2) is 0 Å². The molecule has 2 rings (SSSR count). The molecule has 2 heterocycles. The first-order valence-corrected chi connectivity index (χ1v) is 6.90. The summed E-state index contributed by atoms with van der Waals surface area (Å²) in [5.41, 5.74) is -0.372. The zero-order valence-corrected chi connectivity index (χ0v) is 13.6. The van der Waals surface area contributed by atoms with Crippen molar-refractivity contribution in [3.8, 4) is 0 Å². The first-order valence-electron chi connectivity index (χ1n) is 6.02. The van der Waals surface area contributed by atoms with Gasteiger partial charge in [-0.1, -0.05) is 0 Å². The molecule has 0 aromatic carbocycles. The Kier molecular flexibility index (Phi) is 7.89. The van der Waals surface area contributed by atoms with Crippen LogP contribution in [0.5, 0.6) is 0 Å². The van der Waals surface area contributed by atoms with Gasteiger partial charge in [0.05, 0.1) is 11.5 Å². The summed E-state index contributed by atoms with van der Waals surface area (Å²) in [7, 11) is 0. The molecule has 1 aliphatic rings. The highest BCUT2D eigenvalue weighted by Crippen LogP contribution is 2.23. The number of nitrogens with zero attached hydrogens (tertiary/aromatic N) is 1. The highest BCUT2D eigenvalue weighted by Gasteiger charge is 2.29. The van der Waals surface area contributed by atoms with Gasteiger partial charge >= 0.3 is 0 Å². The van der Waals surface area contributed by atoms with E-state index in [2.05, 4.69) is 15.6 Å². The monoisotopic (exact) mass is 325 g/mol. The van der Waals surface area contributed by atoms with E-state index in [1.54, 1.807) is 17.5 Å². The van der Waals surface area contributed by atoms with E-state index in [0.29, 0.717) is 0 Å². The van der Waals surface area contributed by atoms with Crippen molar-refractivity contribution in [2.45, 2.75) is 32.2 Å². The van der Waals surface area contributed by atoms with Crippen molar-refractivity contribution in [2.24, 2.45) is 5.92 Å². The fourth-order valence-electron chi connectivity index (χ4n) is 2.07. The second kappa shape index (κ2) is 8.04. The second-order valence-electron chi connectivity index (χ2n) is 4.99. The number of amides is 1. The average molecular weight is 326 g/mol. The molecular formula is C12H21Cl2N3OS. The van der Waals surface area contributed by atoms with Crippen LogP contribution in [-0.4, -0.2) is 24.0 Å². The standard InChI is InChI=1S/C12H19N3OS.2ClH/c1-12(2,11-14-6-7-17-11)15-10(16)9-4-3-5-13-8-9;;/h6-7,9,13H,3-5,8H2,1-2H3,(H,15,16);2*1H. The summed E-state index contributed by atoms with van der Waals surface area (Å²) >= 11 is 1.58. The minimum Gasteiger partial charge on any atom is -0.344 e. The summed E-state index contributed by atoms with van der Waals surface area (Å²) in [6.45, 7) is 5.82. The summed E-state index contributed by atoms with van der Waals surface area (Å²) in [6, 6.07) is 0. The van der Waals surface area contributed by atoms with E-state index >= 15 is 0 Å². The minimum atomic E-state index is -0.372. The summed E-state index contributed by atoms with van der Waals surface area (Å²) in [5, 5.41) is 9.25. The molecule has 1 saturated heterocycles. The van der Waals surface area contributed by atoms with Gasteiger partial charge < -0.3 is 10.6 Å². The first-order chi connectivity index (χ1) is 8.09. The number of hydrogen-bond donors (Lipinski definition) is 2. The number of hydrogen-bond acceptors (Lipinski definition) is 4. The van der Waals surface area contributed by atoms with Gasteiger partial charge in [0, 0.05) is 18.1 Å². The normalized spacial score (nSPS) is 18.9. The van der Waals surface area contributed by atoms with Crippen LogP contribution in [0, 0.1) is 5.92 Å². The maximum absolute atomic E-state index is 12.1. The molecule has 1 atom stereocenters. The largest absolute Gasteiger partial charge is 0.344 e. The maximum Gasteiger partial charge on any atom is 0.225 e. The second-order valence-corrected chi connectivity index (χ2v) is 5.89. The van der Waals surface area contributed by atoms with Gasteiger partial charge in [-0.05, 0) is 33.2 Å². The molecule has 7 heteroatoms.